The zero-order valence-electron chi connectivity index (χ0n) is 14.5. The van der Waals surface area contributed by atoms with E-state index in [1.807, 2.05) is 0 Å². The quantitative estimate of drug-likeness (QED) is 0.347. The Balaban J connectivity index is 2.72. The largest absolute Gasteiger partial charge is 0.466 e. The van der Waals surface area contributed by atoms with E-state index >= 15 is 0 Å². The van der Waals surface area contributed by atoms with E-state index in [1.165, 1.54) is 6.08 Å². The molecular formula is C18H23Cl2NO4. The van der Waals surface area contributed by atoms with Crippen LogP contribution >= 0.6 is 23.2 Å². The normalized spacial score (nSPS) is 10.9. The molecule has 0 N–H and O–H groups in total. The molecule has 0 atom stereocenters. The Hall–Kier alpha value is -1.56. The van der Waals surface area contributed by atoms with E-state index in [0.29, 0.717) is 48.3 Å². The maximum absolute atomic E-state index is 12.4. The summed E-state index contributed by atoms with van der Waals surface area (Å²) in [6.45, 7) is 3.39. The predicted molar refractivity (Wildman–Crippen MR) is 99.8 cm³/mol. The molecule has 5 nitrogen and oxygen atoms in total. The van der Waals surface area contributed by atoms with Crippen molar-refractivity contribution in [3.05, 3.63) is 39.9 Å². The summed E-state index contributed by atoms with van der Waals surface area (Å²) in [7, 11) is 1.60. The number of amides is 1. The minimum atomic E-state index is -0.322. The summed E-state index contributed by atoms with van der Waals surface area (Å²) in [5.41, 5.74) is 0.696. The van der Waals surface area contributed by atoms with Crippen molar-refractivity contribution in [1.82, 2.24) is 4.90 Å². The SMILES string of the molecule is CCOC(=O)CCN(CCCOC)C(=O)/C=C/c1ccc(Cl)cc1Cl. The number of hydrogen-bond acceptors (Lipinski definition) is 4. The fourth-order valence-electron chi connectivity index (χ4n) is 2.09. The molecular weight excluding hydrogens is 365 g/mol. The van der Waals surface area contributed by atoms with E-state index in [-0.39, 0.29) is 18.3 Å². The fraction of sp³-hybridized carbons (Fsp3) is 0.444. The number of hydrogen-bond donors (Lipinski definition) is 0. The van der Waals surface area contributed by atoms with Gasteiger partial charge in [0.25, 0.3) is 0 Å². The first-order valence-corrected chi connectivity index (χ1v) is 8.80. The highest BCUT2D eigenvalue weighted by Gasteiger charge is 2.13. The van der Waals surface area contributed by atoms with Gasteiger partial charge in [-0.25, -0.2) is 0 Å². The fourth-order valence-corrected chi connectivity index (χ4v) is 2.57. The van der Waals surface area contributed by atoms with Gasteiger partial charge < -0.3 is 14.4 Å². The molecule has 0 aliphatic carbocycles. The number of carbonyl (C=O) groups is 2. The average Bonchev–Trinajstić information content (AvgIpc) is 2.57. The van der Waals surface area contributed by atoms with Crippen LogP contribution in [-0.4, -0.2) is 50.2 Å². The van der Waals surface area contributed by atoms with Crippen molar-refractivity contribution in [3.63, 3.8) is 0 Å². The number of methoxy groups -OCH3 is 1. The molecule has 1 amide bonds. The molecule has 0 bridgehead atoms. The summed E-state index contributed by atoms with van der Waals surface area (Å²) in [5, 5.41) is 0.998. The highest BCUT2D eigenvalue weighted by Crippen LogP contribution is 2.22. The van der Waals surface area contributed by atoms with Gasteiger partial charge in [0, 0.05) is 42.9 Å². The number of esters is 1. The van der Waals surface area contributed by atoms with Crippen LogP contribution in [0.15, 0.2) is 24.3 Å². The number of carbonyl (C=O) groups excluding carboxylic acids is 2. The Morgan fingerprint density at radius 1 is 1.24 bits per heavy atom. The van der Waals surface area contributed by atoms with E-state index in [1.54, 1.807) is 43.2 Å². The Morgan fingerprint density at radius 3 is 2.64 bits per heavy atom. The molecule has 0 fully saturated rings. The monoisotopic (exact) mass is 387 g/mol. The van der Waals surface area contributed by atoms with Crippen molar-refractivity contribution in [2.45, 2.75) is 19.8 Å². The Morgan fingerprint density at radius 2 is 2.00 bits per heavy atom. The first-order valence-electron chi connectivity index (χ1n) is 8.04. The van der Waals surface area contributed by atoms with Crippen molar-refractivity contribution >= 4 is 41.2 Å². The van der Waals surface area contributed by atoms with Crippen molar-refractivity contribution in [1.29, 1.82) is 0 Å². The predicted octanol–water partition coefficient (Wildman–Crippen LogP) is 3.82. The lowest BCUT2D eigenvalue weighted by molar-refractivity contribution is -0.143. The van der Waals surface area contributed by atoms with Gasteiger partial charge in [0.2, 0.25) is 5.91 Å². The minimum Gasteiger partial charge on any atom is -0.466 e. The number of nitrogens with zero attached hydrogens (tertiary/aromatic N) is 1. The third-order valence-electron chi connectivity index (χ3n) is 3.35. The van der Waals surface area contributed by atoms with Crippen LogP contribution in [0.25, 0.3) is 6.08 Å². The third-order valence-corrected chi connectivity index (χ3v) is 3.91. The van der Waals surface area contributed by atoms with Gasteiger partial charge in [-0.05, 0) is 37.1 Å². The van der Waals surface area contributed by atoms with Crippen molar-refractivity contribution < 1.29 is 19.1 Å². The molecule has 1 aromatic rings. The second-order valence-corrected chi connectivity index (χ2v) is 6.07. The zero-order chi connectivity index (χ0) is 18.7. The molecule has 7 heteroatoms. The van der Waals surface area contributed by atoms with E-state index < -0.39 is 0 Å². The summed E-state index contributed by atoms with van der Waals surface area (Å²) in [4.78, 5) is 25.6. The first-order chi connectivity index (χ1) is 12.0. The molecule has 0 aromatic heterocycles. The minimum absolute atomic E-state index is 0.155. The standard InChI is InChI=1S/C18H23Cl2NO4/c1-3-25-18(23)9-11-21(10-4-12-24-2)17(22)8-6-14-5-7-15(19)13-16(14)20/h5-8,13H,3-4,9-12H2,1-2H3/b8-6+. The molecule has 1 aromatic carbocycles. The molecule has 0 aliphatic heterocycles. The highest BCUT2D eigenvalue weighted by atomic mass is 35.5. The number of rotatable bonds is 10. The summed E-state index contributed by atoms with van der Waals surface area (Å²) in [6, 6.07) is 5.06. The average molecular weight is 388 g/mol. The lowest BCUT2D eigenvalue weighted by Gasteiger charge is -2.20. The highest BCUT2D eigenvalue weighted by molar-refractivity contribution is 6.35. The van der Waals surface area contributed by atoms with Gasteiger partial charge in [0.1, 0.15) is 0 Å². The van der Waals surface area contributed by atoms with Crippen LogP contribution in [0.4, 0.5) is 0 Å². The van der Waals surface area contributed by atoms with E-state index in [9.17, 15) is 9.59 Å². The van der Waals surface area contributed by atoms with Crippen LogP contribution in [0.1, 0.15) is 25.3 Å². The van der Waals surface area contributed by atoms with E-state index in [2.05, 4.69) is 0 Å². The van der Waals surface area contributed by atoms with Gasteiger partial charge in [-0.15, -0.1) is 0 Å². The molecule has 0 saturated heterocycles. The molecule has 138 valence electrons. The van der Waals surface area contributed by atoms with Crippen LogP contribution in [0.2, 0.25) is 10.0 Å². The number of ether oxygens (including phenoxy) is 2. The van der Waals surface area contributed by atoms with Gasteiger partial charge in [-0.1, -0.05) is 29.3 Å². The zero-order valence-corrected chi connectivity index (χ0v) is 16.0. The maximum Gasteiger partial charge on any atom is 0.307 e. The van der Waals surface area contributed by atoms with Crippen LogP contribution in [0, 0.1) is 0 Å². The lowest BCUT2D eigenvalue weighted by Crippen LogP contribution is -2.33. The first kappa shape index (κ1) is 21.5. The molecule has 0 heterocycles. The van der Waals surface area contributed by atoms with Gasteiger partial charge in [-0.3, -0.25) is 9.59 Å². The smallest absolute Gasteiger partial charge is 0.307 e. The summed E-state index contributed by atoms with van der Waals surface area (Å²) in [6.07, 6.45) is 3.91. The van der Waals surface area contributed by atoms with Gasteiger partial charge >= 0.3 is 5.97 Å². The van der Waals surface area contributed by atoms with Gasteiger partial charge in [0.15, 0.2) is 0 Å². The third kappa shape index (κ3) is 8.38. The summed E-state index contributed by atoms with van der Waals surface area (Å²) < 4.78 is 9.92. The Labute approximate surface area is 158 Å². The van der Waals surface area contributed by atoms with Crippen LogP contribution < -0.4 is 0 Å². The van der Waals surface area contributed by atoms with Crippen LogP contribution in [-0.2, 0) is 19.1 Å². The molecule has 0 aliphatic rings. The van der Waals surface area contributed by atoms with Crippen LogP contribution in [0.3, 0.4) is 0 Å². The Bertz CT molecular complexity index is 605. The molecule has 0 saturated carbocycles. The van der Waals surface area contributed by atoms with E-state index in [4.69, 9.17) is 32.7 Å². The van der Waals surface area contributed by atoms with Crippen molar-refractivity contribution in [2.75, 3.05) is 33.4 Å². The lowest BCUT2D eigenvalue weighted by atomic mass is 10.2. The van der Waals surface area contributed by atoms with E-state index in [0.717, 1.165) is 0 Å². The molecule has 0 radical (unpaired) electrons. The topological polar surface area (TPSA) is 55.8 Å². The molecule has 0 spiro atoms. The second kappa shape index (κ2) is 11.9. The molecule has 25 heavy (non-hydrogen) atoms. The van der Waals surface area contributed by atoms with Crippen LogP contribution in [0.5, 0.6) is 0 Å². The van der Waals surface area contributed by atoms with Gasteiger partial charge in [0.05, 0.1) is 13.0 Å². The number of halogens is 2. The number of benzene rings is 1. The maximum atomic E-state index is 12.4. The molecule has 1 rings (SSSR count). The van der Waals surface area contributed by atoms with Crippen molar-refractivity contribution in [2.24, 2.45) is 0 Å². The summed E-state index contributed by atoms with van der Waals surface area (Å²) in [5.74, 6) is -0.525. The second-order valence-electron chi connectivity index (χ2n) is 5.23. The molecule has 0 unspecified atom stereocenters. The van der Waals surface area contributed by atoms with Gasteiger partial charge in [-0.2, -0.15) is 0 Å². The summed E-state index contributed by atoms with van der Waals surface area (Å²) >= 11 is 12.0. The van der Waals surface area contributed by atoms with Crippen molar-refractivity contribution in [3.8, 4) is 0 Å². The Kier molecular flexibility index (Phi) is 10.2.